The number of β-amino-alcohol motifs (C(OH)–C–C–N with tert-alkyl or cyclic N) is 1. The van der Waals surface area contributed by atoms with Gasteiger partial charge in [-0.15, -0.1) is 0 Å². The zero-order valence-electron chi connectivity index (χ0n) is 9.70. The Hall–Kier alpha value is -1.51. The van der Waals surface area contributed by atoms with Crippen LogP contribution in [0.2, 0.25) is 0 Å². The topological polar surface area (TPSA) is 99.6 Å². The third-order valence-electron chi connectivity index (χ3n) is 2.58. The first-order valence-corrected chi connectivity index (χ1v) is 6.77. The quantitative estimate of drug-likeness (QED) is 0.714. The molecule has 2 heterocycles. The number of carbonyl (C=O) groups is 1. The van der Waals surface area contributed by atoms with Crippen LogP contribution >= 0.6 is 0 Å². The van der Waals surface area contributed by atoms with E-state index in [1.165, 1.54) is 18.3 Å². The van der Waals surface area contributed by atoms with E-state index < -0.39 is 22.0 Å². The van der Waals surface area contributed by atoms with Crippen molar-refractivity contribution in [3.05, 3.63) is 23.9 Å². The Balaban J connectivity index is 2.34. The molecule has 7 nitrogen and oxygen atoms in total. The number of likely N-dealkylation sites (N-methyl/N-ethyl adjacent to an activating group) is 1. The van der Waals surface area contributed by atoms with E-state index in [0.717, 1.165) is 0 Å². The monoisotopic (exact) mass is 271 g/mol. The molecule has 8 heteroatoms. The smallest absolute Gasteiger partial charge is 0.285 e. The molecule has 1 atom stereocenters. The summed E-state index contributed by atoms with van der Waals surface area (Å²) >= 11 is 0. The number of aromatic nitrogens is 1. The van der Waals surface area contributed by atoms with E-state index in [9.17, 15) is 18.3 Å². The van der Waals surface area contributed by atoms with Crippen molar-refractivity contribution in [1.29, 1.82) is 0 Å². The SMILES string of the molecule is CNCC(O)CN1C(=O)c2cccnc2S1(=O)=O. The second-order valence-corrected chi connectivity index (χ2v) is 5.69. The molecule has 18 heavy (non-hydrogen) atoms. The first-order valence-electron chi connectivity index (χ1n) is 5.33. The highest BCUT2D eigenvalue weighted by molar-refractivity contribution is 7.90. The minimum Gasteiger partial charge on any atom is -0.390 e. The van der Waals surface area contributed by atoms with Crippen LogP contribution in [0.3, 0.4) is 0 Å². The molecule has 1 aromatic heterocycles. The van der Waals surface area contributed by atoms with Gasteiger partial charge in [-0.25, -0.2) is 9.29 Å². The average Bonchev–Trinajstić information content (AvgIpc) is 2.52. The van der Waals surface area contributed by atoms with Crippen LogP contribution in [-0.2, 0) is 10.0 Å². The summed E-state index contributed by atoms with van der Waals surface area (Å²) in [6.07, 6.45) is 0.361. The maximum absolute atomic E-state index is 12.0. The van der Waals surface area contributed by atoms with Gasteiger partial charge in [-0.2, -0.15) is 8.42 Å². The first kappa shape index (κ1) is 12.9. The number of sulfonamides is 1. The second kappa shape index (κ2) is 4.63. The minimum absolute atomic E-state index is 0.0501. The number of amides is 1. The molecule has 0 bridgehead atoms. The lowest BCUT2D eigenvalue weighted by atomic mass is 10.2. The van der Waals surface area contributed by atoms with Crippen LogP contribution in [0, 0.1) is 0 Å². The summed E-state index contributed by atoms with van der Waals surface area (Å²) in [5, 5.41) is 12.1. The Labute approximate surface area is 104 Å². The lowest BCUT2D eigenvalue weighted by Gasteiger charge is -2.18. The molecular weight excluding hydrogens is 258 g/mol. The van der Waals surface area contributed by atoms with E-state index in [4.69, 9.17) is 0 Å². The van der Waals surface area contributed by atoms with E-state index in [1.807, 2.05) is 0 Å². The Morgan fingerprint density at radius 2 is 2.28 bits per heavy atom. The van der Waals surface area contributed by atoms with Crippen LogP contribution in [0.4, 0.5) is 0 Å². The Kier molecular flexibility index (Phi) is 3.33. The lowest BCUT2D eigenvalue weighted by molar-refractivity contribution is 0.0794. The highest BCUT2D eigenvalue weighted by Gasteiger charge is 2.42. The number of aliphatic hydroxyl groups excluding tert-OH is 1. The van der Waals surface area contributed by atoms with Crippen molar-refractivity contribution in [2.75, 3.05) is 20.1 Å². The maximum Gasteiger partial charge on any atom is 0.285 e. The van der Waals surface area contributed by atoms with E-state index in [-0.39, 0.29) is 23.7 Å². The van der Waals surface area contributed by atoms with E-state index in [0.29, 0.717) is 4.31 Å². The number of nitrogens with one attached hydrogen (secondary N) is 1. The van der Waals surface area contributed by atoms with Gasteiger partial charge in [0.05, 0.1) is 18.2 Å². The lowest BCUT2D eigenvalue weighted by Crippen LogP contribution is -2.40. The maximum atomic E-state index is 12.0. The molecule has 2 rings (SSSR count). The van der Waals surface area contributed by atoms with Crippen molar-refractivity contribution in [2.45, 2.75) is 11.1 Å². The Morgan fingerprint density at radius 3 is 2.89 bits per heavy atom. The van der Waals surface area contributed by atoms with Crippen LogP contribution in [-0.4, -0.2) is 55.0 Å². The molecule has 1 aromatic rings. The number of fused-ring (bicyclic) bond motifs is 1. The van der Waals surface area contributed by atoms with Crippen molar-refractivity contribution >= 4 is 15.9 Å². The van der Waals surface area contributed by atoms with Crippen molar-refractivity contribution in [3.63, 3.8) is 0 Å². The number of nitrogens with zero attached hydrogens (tertiary/aromatic N) is 2. The highest BCUT2D eigenvalue weighted by Crippen LogP contribution is 2.27. The molecule has 1 amide bonds. The summed E-state index contributed by atoms with van der Waals surface area (Å²) in [4.78, 5) is 15.6. The molecule has 0 aliphatic carbocycles. The largest absolute Gasteiger partial charge is 0.390 e. The van der Waals surface area contributed by atoms with E-state index in [1.54, 1.807) is 7.05 Å². The Bertz CT molecular complexity index is 572. The number of aliphatic hydroxyl groups is 1. The zero-order chi connectivity index (χ0) is 13.3. The minimum atomic E-state index is -3.92. The average molecular weight is 271 g/mol. The molecule has 98 valence electrons. The van der Waals surface area contributed by atoms with Gasteiger partial charge < -0.3 is 10.4 Å². The van der Waals surface area contributed by atoms with Crippen LogP contribution in [0.15, 0.2) is 23.4 Å². The predicted molar refractivity (Wildman–Crippen MR) is 62.4 cm³/mol. The molecule has 0 radical (unpaired) electrons. The zero-order valence-corrected chi connectivity index (χ0v) is 10.5. The van der Waals surface area contributed by atoms with E-state index in [2.05, 4.69) is 10.3 Å². The third-order valence-corrected chi connectivity index (χ3v) is 4.29. The van der Waals surface area contributed by atoms with Gasteiger partial charge in [-0.05, 0) is 19.2 Å². The fourth-order valence-corrected chi connectivity index (χ4v) is 3.30. The van der Waals surface area contributed by atoms with Gasteiger partial charge >= 0.3 is 0 Å². The second-order valence-electron chi connectivity index (χ2n) is 3.91. The fraction of sp³-hybridized carbons (Fsp3) is 0.400. The number of hydrogen-bond donors (Lipinski definition) is 2. The molecule has 2 N–H and O–H groups in total. The summed E-state index contributed by atoms with van der Waals surface area (Å²) in [5.74, 6) is -0.645. The molecule has 0 saturated carbocycles. The highest BCUT2D eigenvalue weighted by atomic mass is 32.2. The van der Waals surface area contributed by atoms with Crippen molar-refractivity contribution < 1.29 is 18.3 Å². The van der Waals surface area contributed by atoms with Gasteiger partial charge in [-0.3, -0.25) is 4.79 Å². The number of pyridine rings is 1. The molecule has 1 aliphatic heterocycles. The normalized spacial score (nSPS) is 18.8. The van der Waals surface area contributed by atoms with Crippen molar-refractivity contribution in [2.24, 2.45) is 0 Å². The molecule has 0 saturated heterocycles. The summed E-state index contributed by atoms with van der Waals surface area (Å²) in [7, 11) is -2.30. The van der Waals surface area contributed by atoms with Gasteiger partial charge in [0.1, 0.15) is 0 Å². The number of rotatable bonds is 4. The van der Waals surface area contributed by atoms with Gasteiger partial charge in [-0.1, -0.05) is 0 Å². The van der Waals surface area contributed by atoms with Crippen LogP contribution in [0.5, 0.6) is 0 Å². The van der Waals surface area contributed by atoms with Gasteiger partial charge in [0.2, 0.25) is 0 Å². The number of hydrogen-bond acceptors (Lipinski definition) is 6. The summed E-state index contributed by atoms with van der Waals surface area (Å²) in [6.45, 7) is -0.0819. The molecule has 0 aromatic carbocycles. The first-order chi connectivity index (χ1) is 8.48. The summed E-state index contributed by atoms with van der Waals surface area (Å²) in [6, 6.07) is 2.91. The van der Waals surface area contributed by atoms with E-state index >= 15 is 0 Å². The number of carbonyl (C=O) groups excluding carboxylic acids is 1. The molecular formula is C10H13N3O4S. The predicted octanol–water partition coefficient (Wildman–Crippen LogP) is -1.19. The third kappa shape index (κ3) is 1.98. The molecule has 1 aliphatic rings. The van der Waals surface area contributed by atoms with Crippen LogP contribution in [0.25, 0.3) is 0 Å². The molecule has 0 fully saturated rings. The fourth-order valence-electron chi connectivity index (χ4n) is 1.78. The van der Waals surface area contributed by atoms with Crippen LogP contribution < -0.4 is 5.32 Å². The van der Waals surface area contributed by atoms with Crippen LogP contribution in [0.1, 0.15) is 10.4 Å². The van der Waals surface area contributed by atoms with Crippen molar-refractivity contribution in [3.8, 4) is 0 Å². The summed E-state index contributed by atoms with van der Waals surface area (Å²) in [5.41, 5.74) is 0.0501. The van der Waals surface area contributed by atoms with Gasteiger partial charge in [0.25, 0.3) is 15.9 Å². The Morgan fingerprint density at radius 1 is 1.56 bits per heavy atom. The molecule has 0 spiro atoms. The molecule has 1 unspecified atom stereocenters. The van der Waals surface area contributed by atoms with Gasteiger partial charge in [0, 0.05) is 12.7 Å². The summed E-state index contributed by atoms with van der Waals surface area (Å²) < 4.78 is 24.8. The standard InChI is InChI=1S/C10H13N3O4S/c1-11-5-7(14)6-13-10(15)8-3-2-4-12-9(8)18(13,16)17/h2-4,7,11,14H,5-6H2,1H3. The van der Waals surface area contributed by atoms with Crippen molar-refractivity contribution in [1.82, 2.24) is 14.6 Å². The van der Waals surface area contributed by atoms with Gasteiger partial charge in [0.15, 0.2) is 5.03 Å².